The zero-order chi connectivity index (χ0) is 19.0. The Kier molecular flexibility index (Phi) is 8.16. The summed E-state index contributed by atoms with van der Waals surface area (Å²) in [5.74, 6) is -0.712. The van der Waals surface area contributed by atoms with Crippen molar-refractivity contribution in [3.63, 3.8) is 0 Å². The van der Waals surface area contributed by atoms with Gasteiger partial charge in [0.25, 0.3) is 5.91 Å². The molecule has 0 saturated heterocycles. The molecule has 0 saturated carbocycles. The number of amides is 2. The molecule has 9 heteroatoms. The van der Waals surface area contributed by atoms with Gasteiger partial charge in [0.05, 0.1) is 12.3 Å². The van der Waals surface area contributed by atoms with Crippen LogP contribution >= 0.6 is 0 Å². The lowest BCUT2D eigenvalue weighted by Crippen LogP contribution is -2.44. The van der Waals surface area contributed by atoms with Crippen LogP contribution in [-0.2, 0) is 4.79 Å². The van der Waals surface area contributed by atoms with Gasteiger partial charge in [-0.15, -0.1) is 0 Å². The molecular formula is C16H23N3O6. The smallest absolute Gasteiger partial charge is 0.271 e. The number of nitrogens with one attached hydrogen (secondary N) is 2. The van der Waals surface area contributed by atoms with Crippen LogP contribution in [0.2, 0.25) is 0 Å². The van der Waals surface area contributed by atoms with E-state index in [0.29, 0.717) is 12.1 Å². The molecule has 9 nitrogen and oxygen atoms in total. The molecular weight excluding hydrogens is 330 g/mol. The summed E-state index contributed by atoms with van der Waals surface area (Å²) in [5.41, 5.74) is 2.97. The highest BCUT2D eigenvalue weighted by molar-refractivity contribution is 5.95. The third-order valence-electron chi connectivity index (χ3n) is 3.34. The SMILES string of the molecule is CCC(=O)Nc1ccc(C(=O)N/N=C\[C@@H](O)[C@H](O)[C@H](O)[C@@H](C)O)cc1. The van der Waals surface area contributed by atoms with E-state index in [4.69, 9.17) is 5.11 Å². The molecule has 0 fully saturated rings. The maximum absolute atomic E-state index is 11.9. The number of rotatable bonds is 8. The summed E-state index contributed by atoms with van der Waals surface area (Å²) in [6.45, 7) is 2.98. The fourth-order valence-electron chi connectivity index (χ4n) is 1.77. The number of hydrazone groups is 1. The van der Waals surface area contributed by atoms with E-state index in [2.05, 4.69) is 15.8 Å². The van der Waals surface area contributed by atoms with Crippen molar-refractivity contribution in [3.8, 4) is 0 Å². The summed E-state index contributed by atoms with van der Waals surface area (Å²) in [6, 6.07) is 6.09. The Bertz CT molecular complexity index is 602. The summed E-state index contributed by atoms with van der Waals surface area (Å²) in [4.78, 5) is 23.1. The Morgan fingerprint density at radius 3 is 2.24 bits per heavy atom. The molecule has 0 unspecified atom stereocenters. The van der Waals surface area contributed by atoms with Crippen molar-refractivity contribution >= 4 is 23.7 Å². The fraction of sp³-hybridized carbons (Fsp3) is 0.438. The summed E-state index contributed by atoms with van der Waals surface area (Å²) >= 11 is 0. The number of anilines is 1. The Morgan fingerprint density at radius 2 is 1.72 bits per heavy atom. The highest BCUT2D eigenvalue weighted by Gasteiger charge is 2.27. The summed E-state index contributed by atoms with van der Waals surface area (Å²) in [7, 11) is 0. The van der Waals surface area contributed by atoms with Gasteiger partial charge in [-0.25, -0.2) is 5.43 Å². The zero-order valence-electron chi connectivity index (χ0n) is 14.0. The van der Waals surface area contributed by atoms with Gasteiger partial charge in [-0.2, -0.15) is 5.10 Å². The largest absolute Gasteiger partial charge is 0.391 e. The minimum Gasteiger partial charge on any atom is -0.391 e. The number of hydrogen-bond donors (Lipinski definition) is 6. The van der Waals surface area contributed by atoms with Crippen LogP contribution in [0.15, 0.2) is 29.4 Å². The number of carbonyl (C=O) groups is 2. The molecule has 0 radical (unpaired) electrons. The number of carbonyl (C=O) groups excluding carboxylic acids is 2. The minimum absolute atomic E-state index is 0.145. The molecule has 1 rings (SSSR count). The van der Waals surface area contributed by atoms with Crippen molar-refractivity contribution in [3.05, 3.63) is 29.8 Å². The van der Waals surface area contributed by atoms with Crippen molar-refractivity contribution in [2.75, 3.05) is 5.32 Å². The van der Waals surface area contributed by atoms with Crippen LogP contribution < -0.4 is 10.7 Å². The first kappa shape index (κ1) is 20.7. The Morgan fingerprint density at radius 1 is 1.12 bits per heavy atom. The predicted octanol–water partition coefficient (Wildman–Crippen LogP) is -0.786. The lowest BCUT2D eigenvalue weighted by Gasteiger charge is -2.22. The van der Waals surface area contributed by atoms with Crippen LogP contribution in [0.4, 0.5) is 5.69 Å². The number of benzene rings is 1. The van der Waals surface area contributed by atoms with Crippen molar-refractivity contribution in [2.45, 2.75) is 44.7 Å². The summed E-state index contributed by atoms with van der Waals surface area (Å²) in [6.07, 6.45) is -4.83. The maximum Gasteiger partial charge on any atom is 0.271 e. The van der Waals surface area contributed by atoms with E-state index in [9.17, 15) is 24.9 Å². The molecule has 0 aliphatic heterocycles. The molecule has 0 aliphatic rings. The average molecular weight is 353 g/mol. The van der Waals surface area contributed by atoms with Crippen molar-refractivity contribution in [2.24, 2.45) is 5.10 Å². The van der Waals surface area contributed by atoms with Crippen LogP contribution in [0.3, 0.4) is 0 Å². The second-order valence-corrected chi connectivity index (χ2v) is 5.41. The van der Waals surface area contributed by atoms with Gasteiger partial charge >= 0.3 is 0 Å². The lowest BCUT2D eigenvalue weighted by atomic mass is 10.1. The lowest BCUT2D eigenvalue weighted by molar-refractivity contribution is -0.115. The van der Waals surface area contributed by atoms with Gasteiger partial charge < -0.3 is 25.7 Å². The van der Waals surface area contributed by atoms with Gasteiger partial charge in [0.15, 0.2) is 0 Å². The highest BCUT2D eigenvalue weighted by Crippen LogP contribution is 2.10. The van der Waals surface area contributed by atoms with Crippen LogP contribution in [-0.4, -0.2) is 62.9 Å². The van der Waals surface area contributed by atoms with E-state index in [1.54, 1.807) is 19.1 Å². The maximum atomic E-state index is 11.9. The Labute approximate surface area is 145 Å². The molecule has 138 valence electrons. The van der Waals surface area contributed by atoms with Crippen LogP contribution in [0.1, 0.15) is 30.6 Å². The van der Waals surface area contributed by atoms with E-state index >= 15 is 0 Å². The van der Waals surface area contributed by atoms with Gasteiger partial charge in [-0.05, 0) is 31.2 Å². The quantitative estimate of drug-likeness (QED) is 0.266. The normalized spacial score (nSPS) is 16.1. The molecule has 1 aromatic rings. The second-order valence-electron chi connectivity index (χ2n) is 5.41. The van der Waals surface area contributed by atoms with Crippen LogP contribution in [0.5, 0.6) is 0 Å². The van der Waals surface area contributed by atoms with Crippen molar-refractivity contribution in [1.82, 2.24) is 5.43 Å². The number of aliphatic hydroxyl groups is 4. The van der Waals surface area contributed by atoms with Crippen molar-refractivity contribution in [1.29, 1.82) is 0 Å². The topological polar surface area (TPSA) is 151 Å². The number of aliphatic hydroxyl groups excluding tert-OH is 4. The monoisotopic (exact) mass is 353 g/mol. The van der Waals surface area contributed by atoms with Gasteiger partial charge in [0.1, 0.15) is 18.3 Å². The van der Waals surface area contributed by atoms with Gasteiger partial charge in [0.2, 0.25) is 5.91 Å². The first-order valence-corrected chi connectivity index (χ1v) is 7.72. The predicted molar refractivity (Wildman–Crippen MR) is 91.0 cm³/mol. The standard InChI is InChI=1S/C16H23N3O6/c1-3-13(22)18-11-6-4-10(5-7-11)16(25)19-17-8-12(21)15(24)14(23)9(2)20/h4-9,12,14-15,20-21,23-24H,3H2,1-2H3,(H,18,22)(H,19,25)/b17-8-/t9-,12-,14-,15+/m1/s1. The zero-order valence-corrected chi connectivity index (χ0v) is 14.0. The summed E-state index contributed by atoms with van der Waals surface area (Å²) < 4.78 is 0. The molecule has 4 atom stereocenters. The van der Waals surface area contributed by atoms with E-state index < -0.39 is 30.3 Å². The van der Waals surface area contributed by atoms with Crippen molar-refractivity contribution < 1.29 is 30.0 Å². The summed E-state index contributed by atoms with van der Waals surface area (Å²) in [5, 5.41) is 43.9. The van der Waals surface area contributed by atoms with E-state index in [1.165, 1.54) is 19.1 Å². The molecule has 2 amide bonds. The molecule has 0 aliphatic carbocycles. The molecule has 25 heavy (non-hydrogen) atoms. The first-order chi connectivity index (χ1) is 11.8. The molecule has 0 spiro atoms. The van der Waals surface area contributed by atoms with E-state index in [1.807, 2.05) is 0 Å². The Hall–Kier alpha value is -2.33. The Balaban J connectivity index is 2.57. The first-order valence-electron chi connectivity index (χ1n) is 7.72. The molecule has 0 heterocycles. The second kappa shape index (κ2) is 9.84. The average Bonchev–Trinajstić information content (AvgIpc) is 2.60. The van der Waals surface area contributed by atoms with E-state index in [-0.39, 0.29) is 11.5 Å². The third kappa shape index (κ3) is 6.59. The van der Waals surface area contributed by atoms with Gasteiger partial charge in [-0.1, -0.05) is 6.92 Å². The van der Waals surface area contributed by atoms with Gasteiger partial charge in [0, 0.05) is 17.7 Å². The molecule has 6 N–H and O–H groups in total. The highest BCUT2D eigenvalue weighted by atomic mass is 16.4. The molecule has 0 bridgehead atoms. The molecule has 1 aromatic carbocycles. The fourth-order valence-corrected chi connectivity index (χ4v) is 1.77. The van der Waals surface area contributed by atoms with Crippen LogP contribution in [0.25, 0.3) is 0 Å². The third-order valence-corrected chi connectivity index (χ3v) is 3.34. The van der Waals surface area contributed by atoms with E-state index in [0.717, 1.165) is 6.21 Å². The molecule has 0 aromatic heterocycles. The number of hydrogen-bond acceptors (Lipinski definition) is 7. The number of nitrogens with zero attached hydrogens (tertiary/aromatic N) is 1. The van der Waals surface area contributed by atoms with Crippen LogP contribution in [0, 0.1) is 0 Å². The minimum atomic E-state index is -1.65. The van der Waals surface area contributed by atoms with Gasteiger partial charge in [-0.3, -0.25) is 9.59 Å².